The summed E-state index contributed by atoms with van der Waals surface area (Å²) in [5.74, 6) is 0.676. The highest BCUT2D eigenvalue weighted by Gasteiger charge is 2.53. The van der Waals surface area contributed by atoms with Crippen LogP contribution in [0.15, 0.2) is 42.5 Å². The Morgan fingerprint density at radius 1 is 1.12 bits per heavy atom. The smallest absolute Gasteiger partial charge is 0.347 e. The van der Waals surface area contributed by atoms with E-state index in [0.29, 0.717) is 35.0 Å². The van der Waals surface area contributed by atoms with Crippen molar-refractivity contribution in [2.24, 2.45) is 5.92 Å². The van der Waals surface area contributed by atoms with Gasteiger partial charge in [-0.05, 0) is 55.0 Å². The number of anilines is 1. The van der Waals surface area contributed by atoms with Gasteiger partial charge in [0.2, 0.25) is 5.91 Å². The monoisotopic (exact) mass is 472 g/mol. The Hall–Kier alpha value is -2.08. The number of hydrogen-bond acceptors (Lipinski definition) is 2. The SMILES string of the molecule is O=C1Nc2cc(Cl)ccc2C1(Cc1cccc(Cl)c1)N(CC(O)=[NH+]C1CCC1)CC1CC1. The minimum Gasteiger partial charge on any atom is -0.463 e. The molecule has 5 nitrogen and oxygen atoms in total. The van der Waals surface area contributed by atoms with Crippen LogP contribution in [-0.2, 0) is 16.8 Å². The van der Waals surface area contributed by atoms with E-state index in [2.05, 4.69) is 15.2 Å². The van der Waals surface area contributed by atoms with Crippen LogP contribution in [0.25, 0.3) is 0 Å². The van der Waals surface area contributed by atoms with Gasteiger partial charge in [-0.15, -0.1) is 0 Å². The average Bonchev–Trinajstić information content (AvgIpc) is 3.48. The highest BCUT2D eigenvalue weighted by atomic mass is 35.5. The van der Waals surface area contributed by atoms with Crippen molar-refractivity contribution in [1.29, 1.82) is 0 Å². The number of aliphatic hydroxyl groups is 1. The fourth-order valence-electron chi connectivity index (χ4n) is 4.85. The van der Waals surface area contributed by atoms with Gasteiger partial charge in [-0.2, -0.15) is 0 Å². The summed E-state index contributed by atoms with van der Waals surface area (Å²) in [5, 5.41) is 15.1. The Labute approximate surface area is 198 Å². The van der Waals surface area contributed by atoms with E-state index in [1.165, 1.54) is 6.42 Å². The summed E-state index contributed by atoms with van der Waals surface area (Å²) in [6, 6.07) is 13.6. The van der Waals surface area contributed by atoms with Crippen LogP contribution in [0.3, 0.4) is 0 Å². The third-order valence-electron chi connectivity index (χ3n) is 6.93. The van der Waals surface area contributed by atoms with Gasteiger partial charge in [-0.1, -0.05) is 41.4 Å². The minimum atomic E-state index is -0.956. The lowest BCUT2D eigenvalue weighted by molar-refractivity contribution is -0.527. The van der Waals surface area contributed by atoms with E-state index in [-0.39, 0.29) is 11.8 Å². The second kappa shape index (κ2) is 8.69. The van der Waals surface area contributed by atoms with E-state index < -0.39 is 5.54 Å². The maximum Gasteiger partial charge on any atom is 0.347 e. The van der Waals surface area contributed by atoms with Gasteiger partial charge in [0.1, 0.15) is 12.1 Å². The summed E-state index contributed by atoms with van der Waals surface area (Å²) in [6.07, 6.45) is 6.08. The van der Waals surface area contributed by atoms with Gasteiger partial charge in [0.05, 0.1) is 0 Å². The molecule has 3 aliphatic rings. The van der Waals surface area contributed by atoms with Gasteiger partial charge >= 0.3 is 5.90 Å². The summed E-state index contributed by atoms with van der Waals surface area (Å²) in [7, 11) is 0. The Kier molecular flexibility index (Phi) is 5.91. The zero-order chi connectivity index (χ0) is 22.3. The second-order valence-corrected chi connectivity index (χ2v) is 10.2. The standard InChI is InChI=1S/C25H27Cl2N3O2/c26-18-4-1-3-17(11-18)13-25(21-10-9-19(27)12-22(21)29-24(25)32)30(14-16-7-8-16)15-23(31)28-20-5-2-6-20/h1,3-4,9-12,16,20H,2,5-8,13-15H2,(H,28,31)(H,29,32)/p+1. The lowest BCUT2D eigenvalue weighted by Gasteiger charge is -2.39. The normalized spacial score (nSPS) is 23.2. The lowest BCUT2D eigenvalue weighted by Crippen LogP contribution is -2.83. The molecule has 2 aromatic rings. The van der Waals surface area contributed by atoms with Crippen molar-refractivity contribution in [2.45, 2.75) is 50.1 Å². The highest BCUT2D eigenvalue weighted by Crippen LogP contribution is 2.45. The van der Waals surface area contributed by atoms with Crippen molar-refractivity contribution < 1.29 is 14.9 Å². The van der Waals surface area contributed by atoms with Crippen LogP contribution in [-0.4, -0.2) is 40.9 Å². The molecule has 1 aliphatic heterocycles. The molecule has 1 unspecified atom stereocenters. The summed E-state index contributed by atoms with van der Waals surface area (Å²) in [6.45, 7) is 1.04. The fraction of sp³-hybridized carbons (Fsp3) is 0.440. The number of nitrogens with one attached hydrogen (secondary N) is 2. The summed E-state index contributed by atoms with van der Waals surface area (Å²) >= 11 is 12.5. The van der Waals surface area contributed by atoms with Gasteiger partial charge < -0.3 is 10.4 Å². The van der Waals surface area contributed by atoms with E-state index in [1.807, 2.05) is 36.4 Å². The summed E-state index contributed by atoms with van der Waals surface area (Å²) in [4.78, 5) is 19.1. The van der Waals surface area contributed by atoms with Crippen LogP contribution in [0, 0.1) is 5.92 Å². The van der Waals surface area contributed by atoms with Crippen LogP contribution in [0.2, 0.25) is 10.0 Å². The molecule has 32 heavy (non-hydrogen) atoms. The third kappa shape index (κ3) is 4.26. The average molecular weight is 473 g/mol. The molecule has 0 bridgehead atoms. The summed E-state index contributed by atoms with van der Waals surface area (Å²) < 4.78 is 0. The minimum absolute atomic E-state index is 0.0909. The van der Waals surface area contributed by atoms with Crippen molar-refractivity contribution in [1.82, 2.24) is 4.90 Å². The zero-order valence-electron chi connectivity index (χ0n) is 17.9. The van der Waals surface area contributed by atoms with Crippen molar-refractivity contribution in [2.75, 3.05) is 18.4 Å². The molecule has 7 heteroatoms. The Morgan fingerprint density at radius 2 is 1.91 bits per heavy atom. The van der Waals surface area contributed by atoms with Crippen LogP contribution < -0.4 is 10.3 Å². The number of carbonyl (C=O) groups excluding carboxylic acids is 1. The number of rotatable bonds is 8. The first-order chi connectivity index (χ1) is 15.4. The number of benzene rings is 2. The molecule has 1 atom stereocenters. The van der Waals surface area contributed by atoms with Crippen LogP contribution in [0.1, 0.15) is 43.2 Å². The predicted octanol–water partition coefficient (Wildman–Crippen LogP) is 3.69. The van der Waals surface area contributed by atoms with Crippen molar-refractivity contribution in [3.63, 3.8) is 0 Å². The summed E-state index contributed by atoms with van der Waals surface area (Å²) in [5.41, 5.74) is 1.64. The fourth-order valence-corrected chi connectivity index (χ4v) is 5.24. The molecule has 168 valence electrons. The second-order valence-electron chi connectivity index (χ2n) is 9.35. The molecule has 2 aromatic carbocycles. The molecular formula is C25H28Cl2N3O2+. The first kappa shape index (κ1) is 21.7. The molecule has 2 saturated carbocycles. The van der Waals surface area contributed by atoms with E-state index in [9.17, 15) is 9.90 Å². The van der Waals surface area contributed by atoms with Gasteiger partial charge in [-0.25, -0.2) is 4.99 Å². The van der Waals surface area contributed by atoms with Gasteiger partial charge in [0.25, 0.3) is 0 Å². The number of fused-ring (bicyclic) bond motifs is 1. The van der Waals surface area contributed by atoms with Crippen LogP contribution in [0.4, 0.5) is 5.69 Å². The van der Waals surface area contributed by atoms with Gasteiger partial charge in [-0.3, -0.25) is 9.69 Å². The number of amides is 1. The van der Waals surface area contributed by atoms with Crippen molar-refractivity contribution in [3.8, 4) is 0 Å². The first-order valence-corrected chi connectivity index (χ1v) is 12.1. The number of nitrogens with zero attached hydrogens (tertiary/aromatic N) is 1. The largest absolute Gasteiger partial charge is 0.463 e. The molecule has 5 rings (SSSR count). The molecule has 0 spiro atoms. The van der Waals surface area contributed by atoms with Gasteiger partial charge in [0, 0.05) is 47.1 Å². The predicted molar refractivity (Wildman–Crippen MR) is 127 cm³/mol. The Balaban J connectivity index is 1.58. The highest BCUT2D eigenvalue weighted by molar-refractivity contribution is 6.31. The van der Waals surface area contributed by atoms with E-state index in [1.54, 1.807) is 6.07 Å². The Bertz CT molecular complexity index is 1060. The first-order valence-electron chi connectivity index (χ1n) is 11.4. The van der Waals surface area contributed by atoms with E-state index >= 15 is 0 Å². The van der Waals surface area contributed by atoms with Crippen LogP contribution in [0.5, 0.6) is 0 Å². The van der Waals surface area contributed by atoms with Crippen LogP contribution >= 0.6 is 23.2 Å². The number of aliphatic hydroxyl groups excluding tert-OH is 1. The number of carbonyl (C=O) groups is 1. The van der Waals surface area contributed by atoms with Gasteiger partial charge in [0.15, 0.2) is 6.04 Å². The maximum absolute atomic E-state index is 13.7. The molecule has 1 amide bonds. The van der Waals surface area contributed by atoms with Crippen molar-refractivity contribution in [3.05, 3.63) is 63.6 Å². The third-order valence-corrected chi connectivity index (χ3v) is 7.40. The molecule has 0 radical (unpaired) electrons. The topological polar surface area (TPSA) is 66.5 Å². The molecular weight excluding hydrogens is 445 g/mol. The molecule has 2 aliphatic carbocycles. The van der Waals surface area contributed by atoms with E-state index in [0.717, 1.165) is 49.0 Å². The molecule has 3 N–H and O–H groups in total. The van der Waals surface area contributed by atoms with Crippen molar-refractivity contribution >= 4 is 40.7 Å². The number of halogens is 2. The molecule has 0 aromatic heterocycles. The number of hydrogen-bond donors (Lipinski definition) is 3. The lowest BCUT2D eigenvalue weighted by atomic mass is 9.82. The van der Waals surface area contributed by atoms with E-state index in [4.69, 9.17) is 23.2 Å². The zero-order valence-corrected chi connectivity index (χ0v) is 19.4. The maximum atomic E-state index is 13.7. The quantitative estimate of drug-likeness (QED) is 0.405. The molecule has 0 saturated heterocycles. The molecule has 2 fully saturated rings. The molecule has 1 heterocycles. The Morgan fingerprint density at radius 3 is 2.59 bits per heavy atom.